The summed E-state index contributed by atoms with van der Waals surface area (Å²) >= 11 is 3.46. The van der Waals surface area contributed by atoms with Gasteiger partial charge in [-0.3, -0.25) is 9.48 Å². The number of amides is 1. The zero-order valence-electron chi connectivity index (χ0n) is 12.0. The Balaban J connectivity index is 1.82. The van der Waals surface area contributed by atoms with E-state index in [4.69, 9.17) is 0 Å². The van der Waals surface area contributed by atoms with Crippen molar-refractivity contribution in [2.24, 2.45) is 0 Å². The fraction of sp³-hybridized carbons (Fsp3) is 0.333. The van der Waals surface area contributed by atoms with Crippen molar-refractivity contribution in [3.63, 3.8) is 0 Å². The SMILES string of the molecule is Cc1nn(CCC(=O)NCc2ccc(F)cc2)c(C)c1Br. The number of benzene rings is 1. The zero-order valence-corrected chi connectivity index (χ0v) is 13.6. The van der Waals surface area contributed by atoms with E-state index in [1.54, 1.807) is 12.1 Å². The topological polar surface area (TPSA) is 46.9 Å². The van der Waals surface area contributed by atoms with Crippen molar-refractivity contribution in [3.05, 3.63) is 51.5 Å². The van der Waals surface area contributed by atoms with Gasteiger partial charge >= 0.3 is 0 Å². The van der Waals surface area contributed by atoms with E-state index in [1.807, 2.05) is 18.5 Å². The Hall–Kier alpha value is -1.69. The van der Waals surface area contributed by atoms with Crippen LogP contribution in [0.5, 0.6) is 0 Å². The summed E-state index contributed by atoms with van der Waals surface area (Å²) in [7, 11) is 0. The average molecular weight is 354 g/mol. The minimum atomic E-state index is -0.278. The highest BCUT2D eigenvalue weighted by molar-refractivity contribution is 9.10. The fourth-order valence-corrected chi connectivity index (χ4v) is 2.28. The summed E-state index contributed by atoms with van der Waals surface area (Å²) < 4.78 is 15.6. The molecule has 2 rings (SSSR count). The molecule has 0 spiro atoms. The second-order valence-electron chi connectivity index (χ2n) is 4.86. The summed E-state index contributed by atoms with van der Waals surface area (Å²) in [5.41, 5.74) is 2.80. The van der Waals surface area contributed by atoms with Gasteiger partial charge in [-0.25, -0.2) is 4.39 Å². The fourth-order valence-electron chi connectivity index (χ4n) is 1.99. The first kappa shape index (κ1) is 15.7. The molecule has 0 radical (unpaired) electrons. The molecule has 112 valence electrons. The number of halogens is 2. The Labute approximate surface area is 131 Å². The predicted molar refractivity (Wildman–Crippen MR) is 82.3 cm³/mol. The summed E-state index contributed by atoms with van der Waals surface area (Å²) in [5, 5.41) is 7.17. The first-order valence-corrected chi connectivity index (χ1v) is 7.47. The van der Waals surface area contributed by atoms with Gasteiger partial charge in [0, 0.05) is 18.7 Å². The van der Waals surface area contributed by atoms with E-state index in [0.29, 0.717) is 19.5 Å². The molecule has 0 aliphatic rings. The summed E-state index contributed by atoms with van der Waals surface area (Å²) in [5.74, 6) is -0.330. The number of nitrogens with zero attached hydrogens (tertiary/aromatic N) is 2. The molecule has 1 aromatic carbocycles. The highest BCUT2D eigenvalue weighted by Gasteiger charge is 2.10. The number of carbonyl (C=O) groups is 1. The summed E-state index contributed by atoms with van der Waals surface area (Å²) in [6.45, 7) is 4.82. The Bertz CT molecular complexity index is 637. The van der Waals surface area contributed by atoms with Crippen LogP contribution in [0.4, 0.5) is 4.39 Å². The number of rotatable bonds is 5. The molecule has 6 heteroatoms. The van der Waals surface area contributed by atoms with Crippen LogP contribution in [0.25, 0.3) is 0 Å². The lowest BCUT2D eigenvalue weighted by atomic mass is 10.2. The second-order valence-corrected chi connectivity index (χ2v) is 5.65. The van der Waals surface area contributed by atoms with Crippen LogP contribution >= 0.6 is 15.9 Å². The van der Waals surface area contributed by atoms with Crippen LogP contribution < -0.4 is 5.32 Å². The Morgan fingerprint density at radius 1 is 1.33 bits per heavy atom. The second kappa shape index (κ2) is 6.85. The number of hydrogen-bond donors (Lipinski definition) is 1. The highest BCUT2D eigenvalue weighted by atomic mass is 79.9. The lowest BCUT2D eigenvalue weighted by Crippen LogP contribution is -2.24. The van der Waals surface area contributed by atoms with Gasteiger partial charge in [-0.2, -0.15) is 5.10 Å². The van der Waals surface area contributed by atoms with E-state index < -0.39 is 0 Å². The van der Waals surface area contributed by atoms with Crippen LogP contribution in [0.3, 0.4) is 0 Å². The van der Waals surface area contributed by atoms with Crippen LogP contribution in [0.1, 0.15) is 23.4 Å². The van der Waals surface area contributed by atoms with Crippen molar-refractivity contribution >= 4 is 21.8 Å². The smallest absolute Gasteiger partial charge is 0.222 e. The lowest BCUT2D eigenvalue weighted by Gasteiger charge is -2.07. The Morgan fingerprint density at radius 2 is 2.00 bits per heavy atom. The van der Waals surface area contributed by atoms with Gasteiger partial charge in [0.1, 0.15) is 5.82 Å². The molecule has 1 N–H and O–H groups in total. The van der Waals surface area contributed by atoms with Crippen molar-refractivity contribution < 1.29 is 9.18 Å². The molecular weight excluding hydrogens is 337 g/mol. The van der Waals surface area contributed by atoms with Crippen molar-refractivity contribution in [2.45, 2.75) is 33.4 Å². The molecule has 1 amide bonds. The molecule has 0 unspecified atom stereocenters. The number of aromatic nitrogens is 2. The summed E-state index contributed by atoms with van der Waals surface area (Å²) in [6, 6.07) is 6.09. The minimum absolute atomic E-state index is 0.0528. The monoisotopic (exact) mass is 353 g/mol. The molecule has 0 bridgehead atoms. The van der Waals surface area contributed by atoms with Crippen LogP contribution in [0, 0.1) is 19.7 Å². The number of hydrogen-bond acceptors (Lipinski definition) is 2. The molecule has 0 fully saturated rings. The van der Waals surface area contributed by atoms with Crippen molar-refractivity contribution in [1.29, 1.82) is 0 Å². The van der Waals surface area contributed by atoms with Gasteiger partial charge in [-0.05, 0) is 47.5 Å². The zero-order chi connectivity index (χ0) is 15.4. The number of aryl methyl sites for hydroxylation is 2. The third-order valence-electron chi connectivity index (χ3n) is 3.25. The maximum absolute atomic E-state index is 12.8. The Kier molecular flexibility index (Phi) is 5.12. The van der Waals surface area contributed by atoms with Crippen LogP contribution in [0.15, 0.2) is 28.7 Å². The first-order valence-electron chi connectivity index (χ1n) is 6.68. The molecule has 0 aliphatic heterocycles. The highest BCUT2D eigenvalue weighted by Crippen LogP contribution is 2.19. The lowest BCUT2D eigenvalue weighted by molar-refractivity contribution is -0.121. The Morgan fingerprint density at radius 3 is 2.57 bits per heavy atom. The molecule has 21 heavy (non-hydrogen) atoms. The molecule has 0 saturated carbocycles. The molecule has 0 atom stereocenters. The molecule has 4 nitrogen and oxygen atoms in total. The molecule has 2 aromatic rings. The van der Waals surface area contributed by atoms with Gasteiger partial charge in [0.25, 0.3) is 0 Å². The maximum Gasteiger partial charge on any atom is 0.222 e. The third kappa shape index (κ3) is 4.14. The van der Waals surface area contributed by atoms with Crippen molar-refractivity contribution in [3.8, 4) is 0 Å². The maximum atomic E-state index is 12.8. The van der Waals surface area contributed by atoms with Gasteiger partial charge < -0.3 is 5.32 Å². The van der Waals surface area contributed by atoms with Gasteiger partial charge in [0.2, 0.25) is 5.91 Å². The van der Waals surface area contributed by atoms with Crippen LogP contribution in [0.2, 0.25) is 0 Å². The van der Waals surface area contributed by atoms with Crippen molar-refractivity contribution in [1.82, 2.24) is 15.1 Å². The summed E-state index contributed by atoms with van der Waals surface area (Å²) in [4.78, 5) is 11.8. The van der Waals surface area contributed by atoms with E-state index in [0.717, 1.165) is 21.4 Å². The molecule has 1 aromatic heterocycles. The third-order valence-corrected chi connectivity index (χ3v) is 4.39. The predicted octanol–water partition coefficient (Wildman–Crippen LogP) is 3.11. The van der Waals surface area contributed by atoms with Crippen molar-refractivity contribution in [2.75, 3.05) is 0 Å². The quantitative estimate of drug-likeness (QED) is 0.897. The van der Waals surface area contributed by atoms with Crippen LogP contribution in [-0.4, -0.2) is 15.7 Å². The normalized spacial score (nSPS) is 10.7. The standard InChI is InChI=1S/C15H17BrFN3O/c1-10-15(16)11(2)20(19-10)8-7-14(21)18-9-12-3-5-13(17)6-4-12/h3-6H,7-9H2,1-2H3,(H,18,21). The van der Waals surface area contributed by atoms with E-state index in [2.05, 4.69) is 26.3 Å². The average Bonchev–Trinajstić information content (AvgIpc) is 2.72. The molecule has 0 saturated heterocycles. The minimum Gasteiger partial charge on any atom is -0.352 e. The van der Waals surface area contributed by atoms with Gasteiger partial charge in [-0.15, -0.1) is 0 Å². The molecular formula is C15H17BrFN3O. The van der Waals surface area contributed by atoms with E-state index in [9.17, 15) is 9.18 Å². The van der Waals surface area contributed by atoms with E-state index >= 15 is 0 Å². The first-order chi connectivity index (χ1) is 9.97. The van der Waals surface area contributed by atoms with E-state index in [1.165, 1.54) is 12.1 Å². The van der Waals surface area contributed by atoms with Crippen LogP contribution in [-0.2, 0) is 17.9 Å². The van der Waals surface area contributed by atoms with Gasteiger partial charge in [-0.1, -0.05) is 12.1 Å². The summed E-state index contributed by atoms with van der Waals surface area (Å²) in [6.07, 6.45) is 0.357. The molecule has 0 aliphatic carbocycles. The largest absolute Gasteiger partial charge is 0.352 e. The van der Waals surface area contributed by atoms with Gasteiger partial charge in [0.15, 0.2) is 0 Å². The van der Waals surface area contributed by atoms with E-state index in [-0.39, 0.29) is 11.7 Å². The van der Waals surface area contributed by atoms with Gasteiger partial charge in [0.05, 0.1) is 16.7 Å². The molecule has 1 heterocycles. The number of nitrogens with one attached hydrogen (secondary N) is 1. The number of carbonyl (C=O) groups excluding carboxylic acids is 1.